The number of aromatic nitrogens is 1. The van der Waals surface area contributed by atoms with Gasteiger partial charge in [0.05, 0.1) is 17.0 Å². The van der Waals surface area contributed by atoms with Crippen LogP contribution >= 0.6 is 0 Å². The average Bonchev–Trinajstić information content (AvgIpc) is 2.76. The Bertz CT molecular complexity index is 538. The van der Waals surface area contributed by atoms with Gasteiger partial charge in [0.25, 0.3) is 0 Å². The number of nitrogens with one attached hydrogen (secondary N) is 1. The molecule has 1 aromatic heterocycles. The zero-order chi connectivity index (χ0) is 14.1. The average molecular weight is 286 g/mol. The molecule has 1 heterocycles. The molecule has 0 bridgehead atoms. The molecule has 6 heteroatoms. The maximum atomic E-state index is 12.3. The second-order valence-electron chi connectivity index (χ2n) is 5.76. The quantitative estimate of drug-likeness (QED) is 0.875. The summed E-state index contributed by atoms with van der Waals surface area (Å²) in [5.41, 5.74) is -0.702. The molecule has 2 unspecified atom stereocenters. The Morgan fingerprint density at radius 1 is 1.58 bits per heavy atom. The van der Waals surface area contributed by atoms with E-state index in [1.807, 2.05) is 0 Å². The van der Waals surface area contributed by atoms with Crippen molar-refractivity contribution in [3.05, 3.63) is 18.5 Å². The van der Waals surface area contributed by atoms with Gasteiger partial charge in [0.2, 0.25) is 10.0 Å². The molecule has 2 atom stereocenters. The lowest BCUT2D eigenvalue weighted by Gasteiger charge is -2.38. The fraction of sp³-hybridized carbons (Fsp3) is 0.692. The summed E-state index contributed by atoms with van der Waals surface area (Å²) in [6.45, 7) is 1.95. The van der Waals surface area contributed by atoms with E-state index in [-0.39, 0.29) is 11.5 Å². The third-order valence-corrected chi connectivity index (χ3v) is 5.42. The lowest BCUT2D eigenvalue weighted by atomic mass is 9.78. The minimum atomic E-state index is -3.56. The summed E-state index contributed by atoms with van der Waals surface area (Å²) in [5.74, 6) is 0.430. The highest BCUT2D eigenvalue weighted by molar-refractivity contribution is 7.89. The lowest BCUT2D eigenvalue weighted by molar-refractivity contribution is 0.120. The molecule has 5 nitrogen and oxygen atoms in total. The third-order valence-electron chi connectivity index (χ3n) is 3.86. The normalized spacial score (nSPS) is 28.5. The molecular weight excluding hydrogens is 264 g/mol. The van der Waals surface area contributed by atoms with E-state index in [9.17, 15) is 13.5 Å². The Morgan fingerprint density at radius 2 is 2.32 bits per heavy atom. The number of hydrogen-bond donors (Lipinski definition) is 2. The summed E-state index contributed by atoms with van der Waals surface area (Å²) in [4.78, 5) is 0.251. The van der Waals surface area contributed by atoms with Crippen LogP contribution in [0.2, 0.25) is 0 Å². The first-order valence-electron chi connectivity index (χ1n) is 6.64. The molecule has 0 amide bonds. The summed E-state index contributed by atoms with van der Waals surface area (Å²) in [7, 11) is -1.78. The van der Waals surface area contributed by atoms with Crippen LogP contribution in [0.4, 0.5) is 0 Å². The van der Waals surface area contributed by atoms with Crippen molar-refractivity contribution in [3.8, 4) is 0 Å². The first kappa shape index (κ1) is 14.6. The van der Waals surface area contributed by atoms with Crippen LogP contribution in [0.3, 0.4) is 0 Å². The van der Waals surface area contributed by atoms with Gasteiger partial charge >= 0.3 is 0 Å². The minimum absolute atomic E-state index is 0.149. The van der Waals surface area contributed by atoms with Gasteiger partial charge in [-0.3, -0.25) is 0 Å². The van der Waals surface area contributed by atoms with Gasteiger partial charge in [-0.15, -0.1) is 0 Å². The fourth-order valence-corrected chi connectivity index (χ4v) is 4.39. The highest BCUT2D eigenvalue weighted by Crippen LogP contribution is 2.33. The summed E-state index contributed by atoms with van der Waals surface area (Å²) in [6, 6.07) is 1.57. The van der Waals surface area contributed by atoms with Gasteiger partial charge < -0.3 is 9.67 Å². The van der Waals surface area contributed by atoms with E-state index in [4.69, 9.17) is 0 Å². The topological polar surface area (TPSA) is 71.3 Å². The number of hydrogen-bond acceptors (Lipinski definition) is 3. The Balaban J connectivity index is 2.22. The Hall–Kier alpha value is -0.850. The van der Waals surface area contributed by atoms with Crippen molar-refractivity contribution in [2.75, 3.05) is 6.61 Å². The predicted molar refractivity (Wildman–Crippen MR) is 73.2 cm³/mol. The van der Waals surface area contributed by atoms with Crippen molar-refractivity contribution in [1.29, 1.82) is 0 Å². The van der Waals surface area contributed by atoms with Gasteiger partial charge in [-0.2, -0.15) is 0 Å². The van der Waals surface area contributed by atoms with E-state index in [2.05, 4.69) is 11.6 Å². The maximum Gasteiger partial charge on any atom is 0.242 e. The predicted octanol–water partition coefficient (Wildman–Crippen LogP) is 1.24. The van der Waals surface area contributed by atoms with Crippen LogP contribution < -0.4 is 4.72 Å². The van der Waals surface area contributed by atoms with Gasteiger partial charge in [0.15, 0.2) is 0 Å². The second kappa shape index (κ2) is 5.26. The summed E-state index contributed by atoms with van der Waals surface area (Å²) >= 11 is 0. The van der Waals surface area contributed by atoms with Crippen LogP contribution in [0.5, 0.6) is 0 Å². The molecule has 0 radical (unpaired) electrons. The molecule has 1 saturated carbocycles. The number of aliphatic hydroxyl groups is 1. The maximum absolute atomic E-state index is 12.3. The molecule has 0 spiro atoms. The Morgan fingerprint density at radius 3 is 2.84 bits per heavy atom. The molecule has 1 aliphatic carbocycles. The van der Waals surface area contributed by atoms with Crippen LogP contribution in [0, 0.1) is 5.92 Å². The smallest absolute Gasteiger partial charge is 0.242 e. The van der Waals surface area contributed by atoms with Crippen molar-refractivity contribution < 1.29 is 13.5 Å². The number of aliphatic hydroxyl groups excluding tert-OH is 1. The van der Waals surface area contributed by atoms with Gasteiger partial charge in [-0.1, -0.05) is 19.8 Å². The van der Waals surface area contributed by atoms with Crippen LogP contribution in [0.15, 0.2) is 23.4 Å². The highest BCUT2D eigenvalue weighted by atomic mass is 32.2. The van der Waals surface area contributed by atoms with Gasteiger partial charge in [-0.05, 0) is 24.8 Å². The molecule has 0 aromatic carbocycles. The summed E-state index contributed by atoms with van der Waals surface area (Å²) in [6.07, 6.45) is 6.69. The molecule has 108 valence electrons. The first-order chi connectivity index (χ1) is 8.87. The van der Waals surface area contributed by atoms with Crippen LogP contribution in [-0.4, -0.2) is 30.2 Å². The zero-order valence-corrected chi connectivity index (χ0v) is 12.3. The van der Waals surface area contributed by atoms with Crippen LogP contribution in [-0.2, 0) is 17.1 Å². The highest BCUT2D eigenvalue weighted by Gasteiger charge is 2.38. The number of sulfonamides is 1. The summed E-state index contributed by atoms with van der Waals surface area (Å²) in [5, 5.41) is 9.64. The van der Waals surface area contributed by atoms with Crippen LogP contribution in [0.25, 0.3) is 0 Å². The largest absolute Gasteiger partial charge is 0.394 e. The standard InChI is InChI=1S/C13H22N2O3S/c1-11-4-3-6-13(8-11,10-16)14-19(17,18)12-5-7-15(2)9-12/h5,7,9,11,14,16H,3-4,6,8,10H2,1-2H3. The lowest BCUT2D eigenvalue weighted by Crippen LogP contribution is -2.53. The number of nitrogens with zero attached hydrogens (tertiary/aromatic N) is 1. The third kappa shape index (κ3) is 3.19. The fourth-order valence-electron chi connectivity index (χ4n) is 2.91. The summed E-state index contributed by atoms with van der Waals surface area (Å²) < 4.78 is 29.1. The zero-order valence-electron chi connectivity index (χ0n) is 11.5. The van der Waals surface area contributed by atoms with E-state index in [1.54, 1.807) is 30.1 Å². The van der Waals surface area contributed by atoms with Crippen LogP contribution in [0.1, 0.15) is 32.6 Å². The minimum Gasteiger partial charge on any atom is -0.394 e. The number of aryl methyl sites for hydroxylation is 1. The molecule has 19 heavy (non-hydrogen) atoms. The van der Waals surface area contributed by atoms with Crippen molar-refractivity contribution in [2.45, 2.75) is 43.0 Å². The molecule has 0 saturated heterocycles. The van der Waals surface area contributed by atoms with Gasteiger partial charge in [0, 0.05) is 19.4 Å². The van der Waals surface area contributed by atoms with Gasteiger partial charge in [-0.25, -0.2) is 13.1 Å². The Kier molecular flexibility index (Phi) is 4.03. The molecule has 0 aliphatic heterocycles. The second-order valence-corrected chi connectivity index (χ2v) is 7.44. The van der Waals surface area contributed by atoms with Crippen molar-refractivity contribution in [1.82, 2.24) is 9.29 Å². The van der Waals surface area contributed by atoms with Crippen molar-refractivity contribution in [2.24, 2.45) is 13.0 Å². The van der Waals surface area contributed by atoms with E-state index in [0.29, 0.717) is 18.8 Å². The van der Waals surface area contributed by atoms with E-state index < -0.39 is 15.6 Å². The number of rotatable bonds is 4. The molecular formula is C13H22N2O3S. The molecule has 1 fully saturated rings. The van der Waals surface area contributed by atoms with E-state index in [0.717, 1.165) is 12.8 Å². The first-order valence-corrected chi connectivity index (χ1v) is 8.12. The molecule has 2 N–H and O–H groups in total. The molecule has 1 aliphatic rings. The monoisotopic (exact) mass is 286 g/mol. The van der Waals surface area contributed by atoms with E-state index in [1.165, 1.54) is 0 Å². The molecule has 1 aromatic rings. The SMILES string of the molecule is CC1CCCC(CO)(NS(=O)(=O)c2ccn(C)c2)C1. The van der Waals surface area contributed by atoms with Gasteiger partial charge in [0.1, 0.15) is 0 Å². The Labute approximate surface area is 114 Å². The van der Waals surface area contributed by atoms with Crippen molar-refractivity contribution in [3.63, 3.8) is 0 Å². The van der Waals surface area contributed by atoms with Crippen molar-refractivity contribution >= 4 is 10.0 Å². The molecule has 2 rings (SSSR count). The van der Waals surface area contributed by atoms with E-state index >= 15 is 0 Å².